The Kier molecular flexibility index (Phi) is 8.35. The molecule has 1 aliphatic carbocycles. The lowest BCUT2D eigenvalue weighted by molar-refractivity contribution is 0.0466. The Morgan fingerprint density at radius 3 is 2.60 bits per heavy atom. The number of alkyl carbamates (subject to hydrolysis) is 1. The van der Waals surface area contributed by atoms with E-state index in [0.717, 1.165) is 56.9 Å². The number of aromatic nitrogens is 3. The lowest BCUT2D eigenvalue weighted by Crippen LogP contribution is -2.50. The van der Waals surface area contributed by atoms with Crippen LogP contribution in [0.2, 0.25) is 0 Å². The van der Waals surface area contributed by atoms with Gasteiger partial charge in [0.2, 0.25) is 0 Å². The molecule has 3 aromatic carbocycles. The second kappa shape index (κ2) is 12.6. The summed E-state index contributed by atoms with van der Waals surface area (Å²) in [6.45, 7) is 6.27. The Morgan fingerprint density at radius 1 is 1.08 bits per heavy atom. The molecule has 1 fully saturated rings. The van der Waals surface area contributed by atoms with Crippen molar-refractivity contribution in [1.82, 2.24) is 24.3 Å². The average Bonchev–Trinajstić information content (AvgIpc) is 3.73. The normalized spacial score (nSPS) is 15.5. The van der Waals surface area contributed by atoms with Crippen molar-refractivity contribution in [2.24, 2.45) is 13.0 Å². The number of alkyl halides is 1. The summed E-state index contributed by atoms with van der Waals surface area (Å²) < 4.78 is 30.1. The molecule has 3 heterocycles. The average molecular weight is 652 g/mol. The van der Waals surface area contributed by atoms with Gasteiger partial charge in [-0.05, 0) is 81.3 Å². The first kappa shape index (κ1) is 31.7. The van der Waals surface area contributed by atoms with E-state index in [-0.39, 0.29) is 12.5 Å². The summed E-state index contributed by atoms with van der Waals surface area (Å²) in [4.78, 5) is 32.7. The SMILES string of the molecule is Cn1c(-c2cc3cccc(OCc4ccccc4)c3n2CC2CC2)nc2cc3c(cc21)CCN(C[C@@H](CF)NC(=O)OC(C)(C)C)C3=O. The van der Waals surface area contributed by atoms with Gasteiger partial charge in [0.1, 0.15) is 24.6 Å². The predicted octanol–water partition coefficient (Wildman–Crippen LogP) is 7.05. The molecule has 0 spiro atoms. The number of fused-ring (bicyclic) bond motifs is 3. The van der Waals surface area contributed by atoms with Crippen molar-refractivity contribution < 1.29 is 23.5 Å². The predicted molar refractivity (Wildman–Crippen MR) is 184 cm³/mol. The molecule has 1 aliphatic heterocycles. The number of nitrogens with zero attached hydrogens (tertiary/aromatic N) is 4. The van der Waals surface area contributed by atoms with Crippen molar-refractivity contribution >= 4 is 33.9 Å². The smallest absolute Gasteiger partial charge is 0.408 e. The minimum Gasteiger partial charge on any atom is -0.487 e. The maximum absolute atomic E-state index is 14.0. The first-order chi connectivity index (χ1) is 23.1. The number of carbonyl (C=O) groups excluding carboxylic acids is 2. The quantitative estimate of drug-likeness (QED) is 0.175. The zero-order chi connectivity index (χ0) is 33.6. The lowest BCUT2D eigenvalue weighted by atomic mass is 9.97. The van der Waals surface area contributed by atoms with Gasteiger partial charge in [-0.2, -0.15) is 0 Å². The number of hydrogen-bond donors (Lipinski definition) is 1. The van der Waals surface area contributed by atoms with Crippen LogP contribution in [0.25, 0.3) is 33.5 Å². The summed E-state index contributed by atoms with van der Waals surface area (Å²) in [5.41, 5.74) is 5.64. The molecule has 7 rings (SSSR count). The summed E-state index contributed by atoms with van der Waals surface area (Å²) in [7, 11) is 2.02. The van der Waals surface area contributed by atoms with Gasteiger partial charge in [0.25, 0.3) is 5.91 Å². The monoisotopic (exact) mass is 651 g/mol. The highest BCUT2D eigenvalue weighted by atomic mass is 19.1. The van der Waals surface area contributed by atoms with Crippen LogP contribution in [0.5, 0.6) is 5.75 Å². The fraction of sp³-hybridized carbons (Fsp3) is 0.395. The number of imidazole rings is 1. The van der Waals surface area contributed by atoms with E-state index in [1.807, 2.05) is 43.4 Å². The largest absolute Gasteiger partial charge is 0.487 e. The third-order valence-corrected chi connectivity index (χ3v) is 9.11. The van der Waals surface area contributed by atoms with E-state index in [2.05, 4.69) is 44.8 Å². The van der Waals surface area contributed by atoms with Gasteiger partial charge >= 0.3 is 6.09 Å². The van der Waals surface area contributed by atoms with Crippen molar-refractivity contribution in [2.45, 2.75) is 64.8 Å². The van der Waals surface area contributed by atoms with Gasteiger partial charge in [0.05, 0.1) is 28.3 Å². The highest BCUT2D eigenvalue weighted by Crippen LogP contribution is 2.39. The van der Waals surface area contributed by atoms with Gasteiger partial charge < -0.3 is 28.8 Å². The van der Waals surface area contributed by atoms with E-state index < -0.39 is 24.4 Å². The molecule has 250 valence electrons. The topological polar surface area (TPSA) is 90.6 Å². The maximum atomic E-state index is 14.0. The summed E-state index contributed by atoms with van der Waals surface area (Å²) in [5.74, 6) is 2.08. The minimum atomic E-state index is -0.870. The van der Waals surface area contributed by atoms with Gasteiger partial charge in [0.15, 0.2) is 5.82 Å². The molecule has 0 unspecified atom stereocenters. The number of rotatable bonds is 10. The molecular weight excluding hydrogens is 609 g/mol. The van der Waals surface area contributed by atoms with Crippen LogP contribution < -0.4 is 10.1 Å². The van der Waals surface area contributed by atoms with Crippen molar-refractivity contribution in [3.05, 3.63) is 83.4 Å². The zero-order valence-electron chi connectivity index (χ0n) is 28.0. The van der Waals surface area contributed by atoms with E-state index in [1.54, 1.807) is 25.7 Å². The number of benzene rings is 3. The third-order valence-electron chi connectivity index (χ3n) is 9.11. The number of halogens is 1. The van der Waals surface area contributed by atoms with E-state index >= 15 is 0 Å². The second-order valence-electron chi connectivity index (χ2n) is 14.0. The van der Waals surface area contributed by atoms with Crippen LogP contribution in [0.3, 0.4) is 0 Å². The molecule has 48 heavy (non-hydrogen) atoms. The molecule has 1 N–H and O–H groups in total. The van der Waals surface area contributed by atoms with E-state index in [4.69, 9.17) is 14.5 Å². The Balaban J connectivity index is 1.19. The van der Waals surface area contributed by atoms with Crippen molar-refractivity contribution in [2.75, 3.05) is 19.8 Å². The van der Waals surface area contributed by atoms with Crippen LogP contribution in [-0.2, 0) is 31.4 Å². The molecule has 0 bridgehead atoms. The molecule has 2 amide bonds. The number of ether oxygens (including phenoxy) is 2. The Morgan fingerprint density at radius 2 is 1.88 bits per heavy atom. The van der Waals surface area contributed by atoms with Crippen molar-refractivity contribution in [3.8, 4) is 17.3 Å². The number of nitrogens with one attached hydrogen (secondary N) is 1. The van der Waals surface area contributed by atoms with Gasteiger partial charge in [-0.1, -0.05) is 42.5 Å². The molecule has 2 aromatic heterocycles. The van der Waals surface area contributed by atoms with E-state index in [0.29, 0.717) is 31.1 Å². The molecule has 9 nitrogen and oxygen atoms in total. The zero-order valence-corrected chi connectivity index (χ0v) is 28.0. The Hall–Kier alpha value is -4.86. The minimum absolute atomic E-state index is 0.0511. The molecule has 0 saturated heterocycles. The van der Waals surface area contributed by atoms with E-state index in [1.165, 1.54) is 12.8 Å². The molecule has 10 heteroatoms. The summed E-state index contributed by atoms with van der Waals surface area (Å²) in [5, 5.41) is 3.66. The van der Waals surface area contributed by atoms with Gasteiger partial charge in [-0.3, -0.25) is 4.79 Å². The highest BCUT2D eigenvalue weighted by molar-refractivity contribution is 6.01. The second-order valence-corrected chi connectivity index (χ2v) is 14.0. The number of hydrogen-bond acceptors (Lipinski definition) is 5. The summed E-state index contributed by atoms with van der Waals surface area (Å²) in [6.07, 6.45) is 2.33. The first-order valence-corrected chi connectivity index (χ1v) is 16.7. The summed E-state index contributed by atoms with van der Waals surface area (Å²) >= 11 is 0. The Labute approximate surface area is 279 Å². The van der Waals surface area contributed by atoms with Gasteiger partial charge in [0, 0.05) is 37.6 Å². The third kappa shape index (κ3) is 6.48. The highest BCUT2D eigenvalue weighted by Gasteiger charge is 2.31. The van der Waals surface area contributed by atoms with Gasteiger partial charge in [-0.15, -0.1) is 0 Å². The lowest BCUT2D eigenvalue weighted by Gasteiger charge is -2.31. The van der Waals surface area contributed by atoms with Crippen molar-refractivity contribution in [1.29, 1.82) is 0 Å². The standard InChI is InChI=1S/C38H42FN5O4/c1-38(2,3)48-37(46)40-28(20-39)22-43-16-15-26-17-31-30(19-29(26)36(43)45)41-35(42(31)4)32-18-27-11-8-12-33(34(27)44(32)21-24-13-14-24)47-23-25-9-6-5-7-10-25/h5-12,17-19,24,28H,13-16,20-23H2,1-4H3,(H,40,46)/t28-/m1/s1. The molecular formula is C38H42FN5O4. The van der Waals surface area contributed by atoms with Crippen molar-refractivity contribution in [3.63, 3.8) is 0 Å². The molecule has 1 saturated carbocycles. The maximum Gasteiger partial charge on any atom is 0.408 e. The molecule has 0 radical (unpaired) electrons. The number of aryl methyl sites for hydroxylation is 1. The van der Waals surface area contributed by atoms with Crippen LogP contribution >= 0.6 is 0 Å². The van der Waals surface area contributed by atoms with Crippen LogP contribution in [0.15, 0.2) is 66.7 Å². The van der Waals surface area contributed by atoms with Crippen LogP contribution in [0.1, 0.15) is 55.1 Å². The molecule has 2 aliphatic rings. The van der Waals surface area contributed by atoms with E-state index in [9.17, 15) is 14.0 Å². The first-order valence-electron chi connectivity index (χ1n) is 16.7. The van der Waals surface area contributed by atoms with Crippen LogP contribution in [0.4, 0.5) is 9.18 Å². The number of para-hydroxylation sites is 1. The van der Waals surface area contributed by atoms with Crippen LogP contribution in [0, 0.1) is 5.92 Å². The summed E-state index contributed by atoms with van der Waals surface area (Å²) in [6, 6.07) is 21.6. The Bertz CT molecular complexity index is 1990. The number of carbonyl (C=O) groups is 2. The fourth-order valence-corrected chi connectivity index (χ4v) is 6.57. The number of amides is 2. The fourth-order valence-electron chi connectivity index (χ4n) is 6.57. The molecule has 1 atom stereocenters. The molecule has 5 aromatic rings. The van der Waals surface area contributed by atoms with Crippen LogP contribution in [-0.4, -0.2) is 62.4 Å². The van der Waals surface area contributed by atoms with Gasteiger partial charge in [-0.25, -0.2) is 14.2 Å².